The van der Waals surface area contributed by atoms with Crippen molar-refractivity contribution in [1.29, 1.82) is 0 Å². The molecule has 0 saturated heterocycles. The second-order valence-corrected chi connectivity index (χ2v) is 7.20. The molecule has 0 radical (unpaired) electrons. The lowest BCUT2D eigenvalue weighted by Gasteiger charge is -2.32. The van der Waals surface area contributed by atoms with Crippen LogP contribution in [-0.2, 0) is 22.4 Å². The third-order valence-corrected chi connectivity index (χ3v) is 4.11. The van der Waals surface area contributed by atoms with E-state index in [1.165, 1.54) is 7.11 Å². The van der Waals surface area contributed by atoms with Crippen LogP contribution in [0, 0.1) is 0 Å². The standard InChI is InChI=1S/C19H23N3O4/c1-19(2,3)26-18(24)22-10-9-15-13(11-22)16(21-17(23)25-4)12-7-5-6-8-14(12)20-15/h5-8H,9-11H2,1-4H3,(H,20,21,23). The monoisotopic (exact) mass is 357 g/mol. The fourth-order valence-electron chi connectivity index (χ4n) is 2.97. The highest BCUT2D eigenvalue weighted by atomic mass is 16.6. The second-order valence-electron chi connectivity index (χ2n) is 7.20. The third kappa shape index (κ3) is 3.71. The van der Waals surface area contributed by atoms with E-state index in [1.54, 1.807) is 4.90 Å². The number of nitrogens with zero attached hydrogens (tertiary/aromatic N) is 2. The first-order valence-electron chi connectivity index (χ1n) is 8.52. The van der Waals surface area contributed by atoms with Gasteiger partial charge >= 0.3 is 12.2 Å². The van der Waals surface area contributed by atoms with E-state index in [2.05, 4.69) is 5.32 Å². The summed E-state index contributed by atoms with van der Waals surface area (Å²) in [7, 11) is 1.32. The quantitative estimate of drug-likeness (QED) is 0.841. The summed E-state index contributed by atoms with van der Waals surface area (Å²) in [6.07, 6.45) is -0.340. The Morgan fingerprint density at radius 1 is 1.23 bits per heavy atom. The summed E-state index contributed by atoms with van der Waals surface area (Å²) in [6.45, 7) is 6.35. The van der Waals surface area contributed by atoms with Crippen LogP contribution in [0.15, 0.2) is 24.3 Å². The van der Waals surface area contributed by atoms with E-state index in [0.29, 0.717) is 25.2 Å². The predicted molar refractivity (Wildman–Crippen MR) is 98.1 cm³/mol. The Bertz CT molecular complexity index is 858. The number of para-hydroxylation sites is 1. The van der Waals surface area contributed by atoms with E-state index in [1.807, 2.05) is 45.0 Å². The average molecular weight is 357 g/mol. The van der Waals surface area contributed by atoms with E-state index < -0.39 is 11.7 Å². The number of rotatable bonds is 1. The summed E-state index contributed by atoms with van der Waals surface area (Å²) in [5.41, 5.74) is 2.54. The van der Waals surface area contributed by atoms with Gasteiger partial charge in [0, 0.05) is 29.6 Å². The van der Waals surface area contributed by atoms with Crippen LogP contribution in [0.2, 0.25) is 0 Å². The third-order valence-electron chi connectivity index (χ3n) is 4.11. The van der Waals surface area contributed by atoms with Crippen molar-refractivity contribution in [2.24, 2.45) is 0 Å². The van der Waals surface area contributed by atoms with Crippen molar-refractivity contribution in [3.8, 4) is 0 Å². The topological polar surface area (TPSA) is 80.8 Å². The summed E-state index contributed by atoms with van der Waals surface area (Å²) in [5, 5.41) is 3.60. The number of nitrogens with one attached hydrogen (secondary N) is 1. The number of hydrogen-bond donors (Lipinski definition) is 1. The van der Waals surface area contributed by atoms with Crippen molar-refractivity contribution in [3.05, 3.63) is 35.5 Å². The van der Waals surface area contributed by atoms with Crippen LogP contribution in [0.5, 0.6) is 0 Å². The lowest BCUT2D eigenvalue weighted by Crippen LogP contribution is -2.40. The molecule has 0 atom stereocenters. The zero-order valence-electron chi connectivity index (χ0n) is 15.5. The van der Waals surface area contributed by atoms with Crippen molar-refractivity contribution in [2.75, 3.05) is 19.0 Å². The maximum absolute atomic E-state index is 12.4. The first-order chi connectivity index (χ1) is 12.3. The highest BCUT2D eigenvalue weighted by molar-refractivity contribution is 6.00. The molecule has 7 heteroatoms. The maximum atomic E-state index is 12.4. The number of anilines is 1. The van der Waals surface area contributed by atoms with Gasteiger partial charge in [0.1, 0.15) is 5.60 Å². The van der Waals surface area contributed by atoms with Crippen LogP contribution in [0.25, 0.3) is 10.9 Å². The van der Waals surface area contributed by atoms with Crippen molar-refractivity contribution in [1.82, 2.24) is 9.88 Å². The summed E-state index contributed by atoms with van der Waals surface area (Å²) >= 11 is 0. The van der Waals surface area contributed by atoms with E-state index in [0.717, 1.165) is 22.2 Å². The smallest absolute Gasteiger partial charge is 0.411 e. The number of amides is 2. The van der Waals surface area contributed by atoms with Crippen molar-refractivity contribution < 1.29 is 19.1 Å². The molecule has 2 heterocycles. The summed E-state index contributed by atoms with van der Waals surface area (Å²) in [6, 6.07) is 7.57. The van der Waals surface area contributed by atoms with Crippen LogP contribution in [0.1, 0.15) is 32.0 Å². The Balaban J connectivity index is 2.01. The predicted octanol–water partition coefficient (Wildman–Crippen LogP) is 3.71. The molecule has 0 spiro atoms. The largest absolute Gasteiger partial charge is 0.453 e. The molecule has 0 unspecified atom stereocenters. The molecule has 7 nitrogen and oxygen atoms in total. The van der Waals surface area contributed by atoms with Gasteiger partial charge in [-0.15, -0.1) is 0 Å². The molecule has 0 saturated carbocycles. The highest BCUT2D eigenvalue weighted by Crippen LogP contribution is 2.33. The molecule has 3 rings (SSSR count). The number of pyridine rings is 1. The molecule has 1 aromatic carbocycles. The number of aromatic nitrogens is 1. The molecule has 0 fully saturated rings. The first-order valence-corrected chi connectivity index (χ1v) is 8.52. The molecule has 1 N–H and O–H groups in total. The Morgan fingerprint density at radius 2 is 1.96 bits per heavy atom. The minimum absolute atomic E-state index is 0.321. The number of carbonyl (C=O) groups is 2. The second kappa shape index (κ2) is 6.82. The zero-order valence-corrected chi connectivity index (χ0v) is 15.5. The molecule has 0 aliphatic carbocycles. The van der Waals surface area contributed by atoms with Gasteiger partial charge in [0.05, 0.1) is 24.9 Å². The molecule has 26 heavy (non-hydrogen) atoms. The molecular formula is C19H23N3O4. The Morgan fingerprint density at radius 3 is 2.65 bits per heavy atom. The summed E-state index contributed by atoms with van der Waals surface area (Å²) < 4.78 is 10.2. The lowest BCUT2D eigenvalue weighted by atomic mass is 10.00. The van der Waals surface area contributed by atoms with Gasteiger partial charge in [-0.05, 0) is 26.8 Å². The van der Waals surface area contributed by atoms with Crippen LogP contribution in [0.4, 0.5) is 15.3 Å². The number of hydrogen-bond acceptors (Lipinski definition) is 5. The van der Waals surface area contributed by atoms with Crippen LogP contribution >= 0.6 is 0 Å². The van der Waals surface area contributed by atoms with E-state index >= 15 is 0 Å². The molecule has 2 amide bonds. The molecule has 2 aromatic rings. The Kier molecular flexibility index (Phi) is 4.71. The SMILES string of the molecule is COC(=O)Nc1c2c(nc3ccccc13)CCN(C(=O)OC(C)(C)C)C2. The van der Waals surface area contributed by atoms with Gasteiger partial charge in [0.2, 0.25) is 0 Å². The van der Waals surface area contributed by atoms with Gasteiger partial charge in [0.15, 0.2) is 0 Å². The highest BCUT2D eigenvalue weighted by Gasteiger charge is 2.29. The number of ether oxygens (including phenoxy) is 2. The van der Waals surface area contributed by atoms with Crippen LogP contribution in [-0.4, -0.2) is 41.3 Å². The van der Waals surface area contributed by atoms with Gasteiger partial charge in [-0.1, -0.05) is 18.2 Å². The number of benzene rings is 1. The van der Waals surface area contributed by atoms with Crippen LogP contribution in [0.3, 0.4) is 0 Å². The zero-order chi connectivity index (χ0) is 18.9. The van der Waals surface area contributed by atoms with E-state index in [9.17, 15) is 9.59 Å². The minimum Gasteiger partial charge on any atom is -0.453 e. The Hall–Kier alpha value is -2.83. The Labute approximate surface area is 152 Å². The van der Waals surface area contributed by atoms with Gasteiger partial charge < -0.3 is 14.4 Å². The summed E-state index contributed by atoms with van der Waals surface area (Å²) in [5.74, 6) is 0. The summed E-state index contributed by atoms with van der Waals surface area (Å²) in [4.78, 5) is 30.6. The van der Waals surface area contributed by atoms with Crippen molar-refractivity contribution >= 4 is 28.8 Å². The first kappa shape index (κ1) is 18.0. The molecule has 1 aliphatic heterocycles. The number of methoxy groups -OCH3 is 1. The van der Waals surface area contributed by atoms with E-state index in [-0.39, 0.29) is 6.09 Å². The van der Waals surface area contributed by atoms with Crippen molar-refractivity contribution in [2.45, 2.75) is 39.3 Å². The van der Waals surface area contributed by atoms with Gasteiger partial charge in [-0.2, -0.15) is 0 Å². The lowest BCUT2D eigenvalue weighted by molar-refractivity contribution is 0.0223. The van der Waals surface area contributed by atoms with Gasteiger partial charge in [-0.25, -0.2) is 9.59 Å². The number of fused-ring (bicyclic) bond motifs is 2. The van der Waals surface area contributed by atoms with Crippen molar-refractivity contribution in [3.63, 3.8) is 0 Å². The normalized spacial score (nSPS) is 13.9. The molecule has 0 bridgehead atoms. The van der Waals surface area contributed by atoms with E-state index in [4.69, 9.17) is 14.5 Å². The minimum atomic E-state index is -0.563. The maximum Gasteiger partial charge on any atom is 0.411 e. The van der Waals surface area contributed by atoms with Gasteiger partial charge in [0.25, 0.3) is 0 Å². The molecule has 1 aliphatic rings. The fourth-order valence-corrected chi connectivity index (χ4v) is 2.97. The van der Waals surface area contributed by atoms with Gasteiger partial charge in [-0.3, -0.25) is 10.3 Å². The fraction of sp³-hybridized carbons (Fsp3) is 0.421. The molecule has 1 aromatic heterocycles. The van der Waals surface area contributed by atoms with Crippen LogP contribution < -0.4 is 5.32 Å². The molecular weight excluding hydrogens is 334 g/mol. The molecule has 138 valence electrons. The number of carbonyl (C=O) groups excluding carboxylic acids is 2. The average Bonchev–Trinajstić information content (AvgIpc) is 2.59.